The number of benzene rings is 2. The first-order valence-corrected chi connectivity index (χ1v) is 7.47. The zero-order valence-corrected chi connectivity index (χ0v) is 13.8. The second-order valence-electron chi connectivity index (χ2n) is 5.85. The van der Waals surface area contributed by atoms with Crippen LogP contribution in [0.2, 0.25) is 0 Å². The fourth-order valence-electron chi connectivity index (χ4n) is 2.76. The first-order valence-electron chi connectivity index (χ1n) is 7.47. The lowest BCUT2D eigenvalue weighted by atomic mass is 10.0. The molecule has 0 saturated heterocycles. The molecule has 114 valence electrons. The molecule has 2 rings (SSSR count). The Labute approximate surface area is 132 Å². The van der Waals surface area contributed by atoms with Gasteiger partial charge in [-0.1, -0.05) is 24.3 Å². The van der Waals surface area contributed by atoms with Gasteiger partial charge in [0.25, 0.3) is 0 Å². The van der Waals surface area contributed by atoms with Crippen LogP contribution in [-0.2, 0) is 6.42 Å². The molecule has 2 heteroatoms. The van der Waals surface area contributed by atoms with Crippen molar-refractivity contribution in [2.45, 2.75) is 34.1 Å². The summed E-state index contributed by atoms with van der Waals surface area (Å²) in [5.41, 5.74) is 7.23. The number of nitrogens with zero attached hydrogens (tertiary/aromatic N) is 1. The normalized spacial score (nSPS) is 11.1. The van der Waals surface area contributed by atoms with Gasteiger partial charge in [0, 0.05) is 11.8 Å². The molecule has 0 radical (unpaired) electrons. The van der Waals surface area contributed by atoms with E-state index in [1.165, 1.54) is 5.56 Å². The van der Waals surface area contributed by atoms with Gasteiger partial charge in [-0.2, -0.15) is 0 Å². The highest BCUT2D eigenvalue weighted by Crippen LogP contribution is 2.27. The van der Waals surface area contributed by atoms with Gasteiger partial charge in [-0.3, -0.25) is 4.99 Å². The van der Waals surface area contributed by atoms with E-state index < -0.39 is 0 Å². The molecule has 22 heavy (non-hydrogen) atoms. The Morgan fingerprint density at radius 2 is 1.64 bits per heavy atom. The quantitative estimate of drug-likeness (QED) is 0.617. The monoisotopic (exact) mass is 293 g/mol. The van der Waals surface area contributed by atoms with Gasteiger partial charge in [0.2, 0.25) is 0 Å². The van der Waals surface area contributed by atoms with Crippen LogP contribution in [0.25, 0.3) is 0 Å². The van der Waals surface area contributed by atoms with Crippen LogP contribution in [0.5, 0.6) is 5.75 Å². The summed E-state index contributed by atoms with van der Waals surface area (Å²) in [6.07, 6.45) is 4.52. The van der Waals surface area contributed by atoms with Gasteiger partial charge in [0.05, 0.1) is 5.69 Å². The number of phenols is 1. The lowest BCUT2D eigenvalue weighted by molar-refractivity contribution is 0.470. The Morgan fingerprint density at radius 1 is 1.00 bits per heavy atom. The first kappa shape index (κ1) is 16.0. The van der Waals surface area contributed by atoms with Gasteiger partial charge in [-0.05, 0) is 68.0 Å². The van der Waals surface area contributed by atoms with Crippen LogP contribution in [-0.4, -0.2) is 11.3 Å². The molecule has 0 aromatic heterocycles. The summed E-state index contributed by atoms with van der Waals surface area (Å²) in [5.74, 6) is 0.299. The summed E-state index contributed by atoms with van der Waals surface area (Å²) in [5, 5.41) is 10.2. The number of allylic oxidation sites excluding steroid dienone is 1. The van der Waals surface area contributed by atoms with Crippen molar-refractivity contribution in [2.24, 2.45) is 4.99 Å². The van der Waals surface area contributed by atoms with Crippen LogP contribution in [0.3, 0.4) is 0 Å². The van der Waals surface area contributed by atoms with E-state index in [1.54, 1.807) is 6.21 Å². The van der Waals surface area contributed by atoms with E-state index >= 15 is 0 Å². The average Bonchev–Trinajstić information content (AvgIpc) is 2.43. The smallest absolute Gasteiger partial charge is 0.127 e. The van der Waals surface area contributed by atoms with Crippen LogP contribution < -0.4 is 0 Å². The SMILES string of the molecule is C=CCc1cc(C)c(N=Cc2cc(C)cc(C)c2O)c(C)c1. The Morgan fingerprint density at radius 3 is 2.23 bits per heavy atom. The third-order valence-electron chi connectivity index (χ3n) is 3.74. The van der Waals surface area contributed by atoms with E-state index in [0.29, 0.717) is 5.75 Å². The second kappa shape index (κ2) is 6.61. The van der Waals surface area contributed by atoms with E-state index in [0.717, 1.165) is 39.9 Å². The van der Waals surface area contributed by atoms with Gasteiger partial charge >= 0.3 is 0 Å². The van der Waals surface area contributed by atoms with Crippen LogP contribution in [0.4, 0.5) is 5.69 Å². The van der Waals surface area contributed by atoms with E-state index in [-0.39, 0.29) is 0 Å². The molecular weight excluding hydrogens is 270 g/mol. The predicted molar refractivity (Wildman–Crippen MR) is 94.7 cm³/mol. The van der Waals surface area contributed by atoms with Crippen molar-refractivity contribution in [2.75, 3.05) is 0 Å². The number of aromatic hydroxyl groups is 1. The number of aliphatic imine (C=N–C) groups is 1. The molecule has 0 atom stereocenters. The first-order chi connectivity index (χ1) is 10.4. The third kappa shape index (κ3) is 3.45. The fraction of sp³-hybridized carbons (Fsp3) is 0.250. The number of aryl methyl sites for hydroxylation is 4. The summed E-state index contributed by atoms with van der Waals surface area (Å²) in [6.45, 7) is 11.8. The van der Waals surface area contributed by atoms with Crippen molar-refractivity contribution >= 4 is 11.9 Å². The third-order valence-corrected chi connectivity index (χ3v) is 3.74. The predicted octanol–water partition coefficient (Wildman–Crippen LogP) is 5.10. The molecule has 2 nitrogen and oxygen atoms in total. The zero-order chi connectivity index (χ0) is 16.3. The molecule has 1 N–H and O–H groups in total. The largest absolute Gasteiger partial charge is 0.507 e. The zero-order valence-electron chi connectivity index (χ0n) is 13.8. The number of rotatable bonds is 4. The molecule has 0 aliphatic rings. The summed E-state index contributed by atoms with van der Waals surface area (Å²) >= 11 is 0. The highest BCUT2D eigenvalue weighted by Gasteiger charge is 2.06. The number of phenolic OH excluding ortho intramolecular Hbond substituents is 1. The molecule has 0 bridgehead atoms. The van der Waals surface area contributed by atoms with Gasteiger partial charge in [-0.25, -0.2) is 0 Å². The van der Waals surface area contributed by atoms with Crippen molar-refractivity contribution in [3.63, 3.8) is 0 Å². The minimum atomic E-state index is 0.299. The van der Waals surface area contributed by atoms with E-state index in [2.05, 4.69) is 37.6 Å². The summed E-state index contributed by atoms with van der Waals surface area (Å²) < 4.78 is 0. The highest BCUT2D eigenvalue weighted by atomic mass is 16.3. The molecule has 0 heterocycles. The van der Waals surface area contributed by atoms with Crippen molar-refractivity contribution in [1.82, 2.24) is 0 Å². The number of hydrogen-bond donors (Lipinski definition) is 1. The number of hydrogen-bond acceptors (Lipinski definition) is 2. The minimum Gasteiger partial charge on any atom is -0.507 e. The van der Waals surface area contributed by atoms with Crippen LogP contribution in [0, 0.1) is 27.7 Å². The lowest BCUT2D eigenvalue weighted by Crippen LogP contribution is -1.90. The maximum Gasteiger partial charge on any atom is 0.127 e. The summed E-state index contributed by atoms with van der Waals surface area (Å²) in [4.78, 5) is 4.61. The van der Waals surface area contributed by atoms with Gasteiger partial charge in [0.15, 0.2) is 0 Å². The van der Waals surface area contributed by atoms with E-state index in [9.17, 15) is 5.11 Å². The van der Waals surface area contributed by atoms with Gasteiger partial charge in [0.1, 0.15) is 5.75 Å². The minimum absolute atomic E-state index is 0.299. The van der Waals surface area contributed by atoms with Crippen LogP contribution in [0.1, 0.15) is 33.4 Å². The Balaban J connectivity index is 2.41. The van der Waals surface area contributed by atoms with Crippen LogP contribution >= 0.6 is 0 Å². The lowest BCUT2D eigenvalue weighted by Gasteiger charge is -2.09. The van der Waals surface area contributed by atoms with Crippen molar-refractivity contribution in [1.29, 1.82) is 0 Å². The van der Waals surface area contributed by atoms with Crippen molar-refractivity contribution in [3.05, 3.63) is 70.3 Å². The molecule has 0 saturated carbocycles. The highest BCUT2D eigenvalue weighted by molar-refractivity contribution is 5.87. The molecule has 0 aliphatic heterocycles. The molecule has 2 aromatic rings. The molecule has 0 unspecified atom stereocenters. The topological polar surface area (TPSA) is 32.6 Å². The van der Waals surface area contributed by atoms with Crippen molar-refractivity contribution in [3.8, 4) is 5.75 Å². The maximum atomic E-state index is 10.2. The summed E-state index contributed by atoms with van der Waals surface area (Å²) in [7, 11) is 0. The van der Waals surface area contributed by atoms with Gasteiger partial charge in [-0.15, -0.1) is 6.58 Å². The average molecular weight is 293 g/mol. The van der Waals surface area contributed by atoms with E-state index in [1.807, 2.05) is 32.1 Å². The molecular formula is C20H23NO. The van der Waals surface area contributed by atoms with Crippen molar-refractivity contribution < 1.29 is 5.11 Å². The Hall–Kier alpha value is -2.35. The Kier molecular flexibility index (Phi) is 4.81. The standard InChI is InChI=1S/C20H23NO/c1-6-7-17-10-14(3)19(15(4)11-17)21-12-18-9-13(2)8-16(5)20(18)22/h6,8-12,22H,1,7H2,2-5H3. The Bertz CT molecular complexity index is 719. The molecule has 0 aliphatic carbocycles. The molecule has 2 aromatic carbocycles. The van der Waals surface area contributed by atoms with Crippen LogP contribution in [0.15, 0.2) is 41.9 Å². The fourth-order valence-corrected chi connectivity index (χ4v) is 2.76. The van der Waals surface area contributed by atoms with Gasteiger partial charge < -0.3 is 5.11 Å². The molecule has 0 amide bonds. The van der Waals surface area contributed by atoms with E-state index in [4.69, 9.17) is 0 Å². The summed E-state index contributed by atoms with van der Waals surface area (Å²) in [6, 6.07) is 8.20. The maximum absolute atomic E-state index is 10.2. The molecule has 0 fully saturated rings. The molecule has 0 spiro atoms. The second-order valence-corrected chi connectivity index (χ2v) is 5.85.